The van der Waals surface area contributed by atoms with Crippen molar-refractivity contribution < 1.29 is 37.1 Å². The second-order valence-electron chi connectivity index (χ2n) is 8.29. The van der Waals surface area contributed by atoms with Crippen LogP contribution < -0.4 is 0 Å². The maximum Gasteiger partial charge on any atom is 0.490 e. The second kappa shape index (κ2) is 9.93. The molecule has 1 aromatic rings. The summed E-state index contributed by atoms with van der Waals surface area (Å²) in [5.41, 5.74) is 0.654. The predicted octanol–water partition coefficient (Wildman–Crippen LogP) is 2.52. The SMILES string of the molecule is Cc1occc1C(=O)N1CC[C@H]2[C@@H]1CCC(=O)N2CCN1CCCC1.O=C(O)C(F)(F)F. The van der Waals surface area contributed by atoms with Crippen molar-refractivity contribution >= 4 is 17.8 Å². The van der Waals surface area contributed by atoms with Crippen LogP contribution in [0.5, 0.6) is 0 Å². The molecular weight excluding hydrogens is 431 g/mol. The highest BCUT2D eigenvalue weighted by molar-refractivity contribution is 5.95. The second-order valence-corrected chi connectivity index (χ2v) is 8.29. The fourth-order valence-electron chi connectivity index (χ4n) is 4.71. The number of carbonyl (C=O) groups is 3. The van der Waals surface area contributed by atoms with Crippen LogP contribution in [0.3, 0.4) is 0 Å². The number of aryl methyl sites for hydroxylation is 1. The number of aliphatic carboxylic acids is 1. The molecule has 4 heterocycles. The van der Waals surface area contributed by atoms with E-state index in [1.165, 1.54) is 12.8 Å². The monoisotopic (exact) mass is 459 g/mol. The molecule has 0 unspecified atom stereocenters. The van der Waals surface area contributed by atoms with Crippen LogP contribution >= 0.6 is 0 Å². The van der Waals surface area contributed by atoms with E-state index >= 15 is 0 Å². The molecule has 2 amide bonds. The molecule has 178 valence electrons. The third-order valence-electron chi connectivity index (χ3n) is 6.33. The van der Waals surface area contributed by atoms with Gasteiger partial charge in [-0.05, 0) is 51.8 Å². The summed E-state index contributed by atoms with van der Waals surface area (Å²) in [5, 5.41) is 7.12. The number of piperidine rings is 1. The fourth-order valence-corrected chi connectivity index (χ4v) is 4.71. The number of alkyl halides is 3. The molecule has 4 rings (SSSR count). The van der Waals surface area contributed by atoms with Crippen molar-refractivity contribution in [3.8, 4) is 0 Å². The van der Waals surface area contributed by atoms with E-state index in [-0.39, 0.29) is 23.9 Å². The Morgan fingerprint density at radius 1 is 1.12 bits per heavy atom. The molecule has 3 saturated heterocycles. The summed E-state index contributed by atoms with van der Waals surface area (Å²) in [7, 11) is 0. The lowest BCUT2D eigenvalue weighted by molar-refractivity contribution is -0.192. The van der Waals surface area contributed by atoms with Crippen LogP contribution in [0.15, 0.2) is 16.7 Å². The molecule has 0 spiro atoms. The Labute approximate surface area is 183 Å². The quantitative estimate of drug-likeness (QED) is 0.744. The molecule has 1 N–H and O–H groups in total. The largest absolute Gasteiger partial charge is 0.490 e. The molecule has 0 bridgehead atoms. The number of amides is 2. The zero-order chi connectivity index (χ0) is 23.5. The van der Waals surface area contributed by atoms with Crippen LogP contribution in [0.4, 0.5) is 13.2 Å². The first-order valence-corrected chi connectivity index (χ1v) is 10.8. The van der Waals surface area contributed by atoms with Crippen molar-refractivity contribution in [2.24, 2.45) is 0 Å². The van der Waals surface area contributed by atoms with Gasteiger partial charge in [-0.1, -0.05) is 0 Å². The molecule has 1 aromatic heterocycles. The first kappa shape index (κ1) is 24.1. The highest BCUT2D eigenvalue weighted by Gasteiger charge is 2.45. The molecule has 0 radical (unpaired) electrons. The normalized spacial score (nSPS) is 23.7. The molecule has 0 aromatic carbocycles. The Bertz CT molecular complexity index is 835. The Kier molecular flexibility index (Phi) is 7.47. The Morgan fingerprint density at radius 3 is 2.34 bits per heavy atom. The highest BCUT2D eigenvalue weighted by atomic mass is 19.4. The van der Waals surface area contributed by atoms with E-state index in [0.29, 0.717) is 17.7 Å². The molecular formula is C21H28F3N3O5. The summed E-state index contributed by atoms with van der Waals surface area (Å²) in [6.45, 7) is 6.62. The highest BCUT2D eigenvalue weighted by Crippen LogP contribution is 2.33. The van der Waals surface area contributed by atoms with Gasteiger partial charge >= 0.3 is 12.1 Å². The maximum atomic E-state index is 12.9. The van der Waals surface area contributed by atoms with E-state index in [1.807, 2.05) is 11.8 Å². The number of furan rings is 1. The number of fused-ring (bicyclic) bond motifs is 1. The van der Waals surface area contributed by atoms with Gasteiger partial charge in [-0.2, -0.15) is 13.2 Å². The Morgan fingerprint density at radius 2 is 1.78 bits per heavy atom. The smallest absolute Gasteiger partial charge is 0.475 e. The molecule has 11 heteroatoms. The van der Waals surface area contributed by atoms with Crippen LogP contribution in [-0.4, -0.2) is 88.6 Å². The van der Waals surface area contributed by atoms with E-state index in [2.05, 4.69) is 9.80 Å². The summed E-state index contributed by atoms with van der Waals surface area (Å²) in [6, 6.07) is 2.09. The van der Waals surface area contributed by atoms with Gasteiger partial charge in [0.1, 0.15) is 5.76 Å². The minimum absolute atomic E-state index is 0.0487. The minimum atomic E-state index is -5.08. The molecule has 2 atom stereocenters. The summed E-state index contributed by atoms with van der Waals surface area (Å²) in [4.78, 5) is 40.8. The average Bonchev–Trinajstić information content (AvgIpc) is 3.47. The van der Waals surface area contributed by atoms with Crippen LogP contribution in [0.1, 0.15) is 48.2 Å². The summed E-state index contributed by atoms with van der Waals surface area (Å²) >= 11 is 0. The van der Waals surface area contributed by atoms with Crippen molar-refractivity contribution in [2.75, 3.05) is 32.7 Å². The lowest BCUT2D eigenvalue weighted by Gasteiger charge is -2.40. The van der Waals surface area contributed by atoms with E-state index in [9.17, 15) is 22.8 Å². The van der Waals surface area contributed by atoms with Gasteiger partial charge in [0.2, 0.25) is 5.91 Å². The molecule has 8 nitrogen and oxygen atoms in total. The zero-order valence-electron chi connectivity index (χ0n) is 17.9. The molecule has 3 aliphatic rings. The van der Waals surface area contributed by atoms with Gasteiger partial charge in [-0.25, -0.2) is 4.79 Å². The molecule has 32 heavy (non-hydrogen) atoms. The number of likely N-dealkylation sites (tertiary alicyclic amines) is 3. The van der Waals surface area contributed by atoms with Gasteiger partial charge in [-0.15, -0.1) is 0 Å². The van der Waals surface area contributed by atoms with E-state index < -0.39 is 12.1 Å². The van der Waals surface area contributed by atoms with E-state index in [0.717, 1.165) is 45.6 Å². The molecule has 0 saturated carbocycles. The van der Waals surface area contributed by atoms with Gasteiger partial charge in [0.15, 0.2) is 0 Å². The summed E-state index contributed by atoms with van der Waals surface area (Å²) < 4.78 is 37.0. The van der Waals surface area contributed by atoms with Crippen molar-refractivity contribution in [3.63, 3.8) is 0 Å². The van der Waals surface area contributed by atoms with Crippen LogP contribution in [0.25, 0.3) is 0 Å². The third kappa shape index (κ3) is 5.43. The molecule has 3 fully saturated rings. The minimum Gasteiger partial charge on any atom is -0.475 e. The number of nitrogens with zero attached hydrogens (tertiary/aromatic N) is 3. The lowest BCUT2D eigenvalue weighted by Crippen LogP contribution is -2.54. The number of carboxylic acids is 1. The number of hydrogen-bond acceptors (Lipinski definition) is 5. The standard InChI is InChI=1S/C19H27N3O3.C2HF3O2/c1-14-15(7-13-25-14)19(24)22-10-6-17-16(22)4-5-18(23)21(17)12-11-20-8-2-3-9-20;3-2(4,5)1(6)7/h7,13,16-17H,2-6,8-12H2,1H3;(H,6,7)/t16-,17-;/m0./s1. The van der Waals surface area contributed by atoms with Crippen molar-refractivity contribution in [3.05, 3.63) is 23.7 Å². The van der Waals surface area contributed by atoms with Crippen LogP contribution in [0.2, 0.25) is 0 Å². The lowest BCUT2D eigenvalue weighted by atomic mass is 9.96. The average molecular weight is 459 g/mol. The fraction of sp³-hybridized carbons (Fsp3) is 0.667. The number of halogens is 3. The zero-order valence-corrected chi connectivity index (χ0v) is 17.9. The van der Waals surface area contributed by atoms with Gasteiger partial charge in [0.25, 0.3) is 5.91 Å². The third-order valence-corrected chi connectivity index (χ3v) is 6.33. The van der Waals surface area contributed by atoms with E-state index in [4.69, 9.17) is 14.3 Å². The number of hydrogen-bond donors (Lipinski definition) is 1. The van der Waals surface area contributed by atoms with Crippen LogP contribution in [-0.2, 0) is 9.59 Å². The summed E-state index contributed by atoms with van der Waals surface area (Å²) in [6.07, 6.45) is 1.25. The molecule has 0 aliphatic carbocycles. The number of carbonyl (C=O) groups excluding carboxylic acids is 2. The molecule has 3 aliphatic heterocycles. The van der Waals surface area contributed by atoms with Gasteiger partial charge in [-0.3, -0.25) is 9.59 Å². The van der Waals surface area contributed by atoms with Gasteiger partial charge < -0.3 is 24.2 Å². The first-order valence-electron chi connectivity index (χ1n) is 10.8. The van der Waals surface area contributed by atoms with Crippen molar-refractivity contribution in [1.82, 2.24) is 14.7 Å². The predicted molar refractivity (Wildman–Crippen MR) is 107 cm³/mol. The Hall–Kier alpha value is -2.56. The number of rotatable bonds is 4. The topological polar surface area (TPSA) is 94.3 Å². The van der Waals surface area contributed by atoms with Crippen molar-refractivity contribution in [2.45, 2.75) is 57.3 Å². The first-order chi connectivity index (χ1) is 15.1. The Balaban J connectivity index is 0.000000360. The van der Waals surface area contributed by atoms with Crippen molar-refractivity contribution in [1.29, 1.82) is 0 Å². The maximum absolute atomic E-state index is 12.9. The van der Waals surface area contributed by atoms with E-state index in [1.54, 1.807) is 12.3 Å². The van der Waals surface area contributed by atoms with Crippen LogP contribution in [0, 0.1) is 6.92 Å². The summed E-state index contributed by atoms with van der Waals surface area (Å²) in [5.74, 6) is -1.78. The van der Waals surface area contributed by atoms with Gasteiger partial charge in [0, 0.05) is 26.1 Å². The van der Waals surface area contributed by atoms with Gasteiger partial charge in [0.05, 0.1) is 23.9 Å². The number of carboxylic acid groups (broad SMARTS) is 1.